The van der Waals surface area contributed by atoms with Gasteiger partial charge in [0.1, 0.15) is 12.0 Å². The van der Waals surface area contributed by atoms with Crippen molar-refractivity contribution in [2.24, 2.45) is 5.92 Å². The van der Waals surface area contributed by atoms with Crippen molar-refractivity contribution in [3.63, 3.8) is 0 Å². The fourth-order valence-electron chi connectivity index (χ4n) is 1.24. The zero-order valence-electron chi connectivity index (χ0n) is 7.61. The highest BCUT2D eigenvalue weighted by Gasteiger charge is 2.36. The molecule has 1 heterocycles. The number of ether oxygens (including phenoxy) is 2. The lowest BCUT2D eigenvalue weighted by Gasteiger charge is -2.15. The summed E-state index contributed by atoms with van der Waals surface area (Å²) in [6, 6.07) is 0. The summed E-state index contributed by atoms with van der Waals surface area (Å²) in [6.07, 6.45) is -0.310. The second-order valence-electron chi connectivity index (χ2n) is 2.81. The molecule has 0 amide bonds. The van der Waals surface area contributed by atoms with Crippen molar-refractivity contribution in [1.82, 2.24) is 0 Å². The first kappa shape index (κ1) is 10.4. The predicted octanol–water partition coefficient (Wildman–Crippen LogP) is 0.454. The number of esters is 2. The van der Waals surface area contributed by atoms with Gasteiger partial charge in [0.2, 0.25) is 0 Å². The third-order valence-electron chi connectivity index (χ3n) is 1.85. The highest BCUT2D eigenvalue weighted by Crippen LogP contribution is 2.27. The van der Waals surface area contributed by atoms with Crippen molar-refractivity contribution in [2.75, 3.05) is 18.6 Å². The lowest BCUT2D eigenvalue weighted by Crippen LogP contribution is -2.31. The average molecular weight is 204 g/mol. The zero-order chi connectivity index (χ0) is 9.84. The van der Waals surface area contributed by atoms with Crippen LogP contribution in [0.5, 0.6) is 0 Å². The Hall–Kier alpha value is -0.710. The Bertz CT molecular complexity index is 216. The van der Waals surface area contributed by atoms with Crippen molar-refractivity contribution in [1.29, 1.82) is 0 Å². The molecule has 0 aromatic rings. The number of rotatable bonds is 2. The standard InChI is InChI=1S/C8H12O4S/c1-5(9)12-7-4-13-3-6(7)8(10)11-2/h6-7H,3-4H2,1-2H3/t6-,7-/m0/s1. The van der Waals surface area contributed by atoms with Gasteiger partial charge in [-0.05, 0) is 0 Å². The molecule has 1 fully saturated rings. The summed E-state index contributed by atoms with van der Waals surface area (Å²) in [4.78, 5) is 21.9. The van der Waals surface area contributed by atoms with Crippen LogP contribution in [0.2, 0.25) is 0 Å². The molecule has 1 aliphatic heterocycles. The Morgan fingerprint density at radius 2 is 2.08 bits per heavy atom. The summed E-state index contributed by atoms with van der Waals surface area (Å²) in [6.45, 7) is 1.34. The first-order chi connectivity index (χ1) is 6.15. The van der Waals surface area contributed by atoms with E-state index in [1.165, 1.54) is 14.0 Å². The van der Waals surface area contributed by atoms with Crippen molar-refractivity contribution in [3.8, 4) is 0 Å². The quantitative estimate of drug-likeness (QED) is 0.611. The minimum absolute atomic E-state index is 0.293. The van der Waals surface area contributed by atoms with Gasteiger partial charge in [-0.3, -0.25) is 9.59 Å². The lowest BCUT2D eigenvalue weighted by atomic mass is 10.1. The molecule has 2 atom stereocenters. The summed E-state index contributed by atoms with van der Waals surface area (Å²) in [5.41, 5.74) is 0. The van der Waals surface area contributed by atoms with Crippen LogP contribution in [0.25, 0.3) is 0 Å². The van der Waals surface area contributed by atoms with Gasteiger partial charge in [-0.1, -0.05) is 0 Å². The third kappa shape index (κ3) is 2.62. The maximum Gasteiger partial charge on any atom is 0.313 e. The van der Waals surface area contributed by atoms with Crippen LogP contribution in [0.15, 0.2) is 0 Å². The van der Waals surface area contributed by atoms with Crippen LogP contribution < -0.4 is 0 Å². The molecule has 4 nitrogen and oxygen atoms in total. The first-order valence-corrected chi connectivity index (χ1v) is 5.13. The molecule has 0 aliphatic carbocycles. The van der Waals surface area contributed by atoms with Crippen molar-refractivity contribution >= 4 is 23.7 Å². The van der Waals surface area contributed by atoms with E-state index in [1.807, 2.05) is 0 Å². The highest BCUT2D eigenvalue weighted by molar-refractivity contribution is 7.99. The Balaban J connectivity index is 2.53. The van der Waals surface area contributed by atoms with Crippen LogP contribution in [-0.2, 0) is 19.1 Å². The molecule has 0 radical (unpaired) electrons. The maximum absolute atomic E-state index is 11.2. The van der Waals surface area contributed by atoms with E-state index in [0.717, 1.165) is 0 Å². The van der Waals surface area contributed by atoms with Gasteiger partial charge < -0.3 is 9.47 Å². The maximum atomic E-state index is 11.2. The summed E-state index contributed by atoms with van der Waals surface area (Å²) in [5.74, 6) is 0.417. The SMILES string of the molecule is COC(=O)[C@H]1CSC[C@@H]1OC(C)=O. The number of carbonyl (C=O) groups is 2. The normalized spacial score (nSPS) is 26.9. The molecule has 0 aromatic heterocycles. The minimum Gasteiger partial charge on any atom is -0.469 e. The van der Waals surface area contributed by atoms with Gasteiger partial charge in [0.25, 0.3) is 0 Å². The highest BCUT2D eigenvalue weighted by atomic mass is 32.2. The second kappa shape index (κ2) is 4.50. The van der Waals surface area contributed by atoms with Crippen molar-refractivity contribution in [2.45, 2.75) is 13.0 Å². The molecule has 1 rings (SSSR count). The monoisotopic (exact) mass is 204 g/mol. The zero-order valence-corrected chi connectivity index (χ0v) is 8.43. The van der Waals surface area contributed by atoms with Gasteiger partial charge in [-0.25, -0.2) is 0 Å². The van der Waals surface area contributed by atoms with E-state index in [4.69, 9.17) is 4.74 Å². The van der Waals surface area contributed by atoms with E-state index in [9.17, 15) is 9.59 Å². The van der Waals surface area contributed by atoms with Crippen LogP contribution in [0.4, 0.5) is 0 Å². The van der Waals surface area contributed by atoms with Crippen LogP contribution in [-0.4, -0.2) is 36.7 Å². The number of thioether (sulfide) groups is 1. The molecule has 0 aromatic carbocycles. The Labute approximate surface area is 81.0 Å². The first-order valence-electron chi connectivity index (χ1n) is 3.98. The molecule has 1 aliphatic rings. The molecule has 0 bridgehead atoms. The summed E-state index contributed by atoms with van der Waals surface area (Å²) < 4.78 is 9.59. The van der Waals surface area contributed by atoms with Gasteiger partial charge >= 0.3 is 11.9 Å². The summed E-state index contributed by atoms with van der Waals surface area (Å²) >= 11 is 1.60. The van der Waals surface area contributed by atoms with Crippen LogP contribution in [0, 0.1) is 5.92 Å². The fourth-order valence-corrected chi connectivity index (χ4v) is 2.51. The fraction of sp³-hybridized carbons (Fsp3) is 0.750. The molecule has 13 heavy (non-hydrogen) atoms. The molecule has 5 heteroatoms. The predicted molar refractivity (Wildman–Crippen MR) is 48.4 cm³/mol. The topological polar surface area (TPSA) is 52.6 Å². The number of hydrogen-bond acceptors (Lipinski definition) is 5. The number of hydrogen-bond donors (Lipinski definition) is 0. The molecule has 0 spiro atoms. The average Bonchev–Trinajstić information content (AvgIpc) is 2.50. The Morgan fingerprint density at radius 3 is 2.62 bits per heavy atom. The third-order valence-corrected chi connectivity index (χ3v) is 3.01. The minimum atomic E-state index is -0.346. The largest absolute Gasteiger partial charge is 0.469 e. The van der Waals surface area contributed by atoms with E-state index in [1.54, 1.807) is 11.8 Å². The number of carbonyl (C=O) groups excluding carboxylic acids is 2. The lowest BCUT2D eigenvalue weighted by molar-refractivity contribution is -0.155. The molecular weight excluding hydrogens is 192 g/mol. The van der Waals surface area contributed by atoms with Gasteiger partial charge in [0.05, 0.1) is 7.11 Å². The van der Waals surface area contributed by atoms with Crippen LogP contribution in [0.1, 0.15) is 6.92 Å². The van der Waals surface area contributed by atoms with Crippen molar-refractivity contribution in [3.05, 3.63) is 0 Å². The molecule has 0 saturated carbocycles. The Kier molecular flexibility index (Phi) is 3.59. The van der Waals surface area contributed by atoms with E-state index in [0.29, 0.717) is 11.5 Å². The molecule has 74 valence electrons. The smallest absolute Gasteiger partial charge is 0.313 e. The summed E-state index contributed by atoms with van der Waals surface area (Å²) in [5, 5.41) is 0. The molecule has 0 N–H and O–H groups in total. The van der Waals surface area contributed by atoms with E-state index in [2.05, 4.69) is 4.74 Å². The van der Waals surface area contributed by atoms with Gasteiger partial charge in [0, 0.05) is 18.4 Å². The van der Waals surface area contributed by atoms with Crippen LogP contribution >= 0.6 is 11.8 Å². The Morgan fingerprint density at radius 1 is 1.38 bits per heavy atom. The van der Waals surface area contributed by atoms with Gasteiger partial charge in [0.15, 0.2) is 0 Å². The van der Waals surface area contributed by atoms with Gasteiger partial charge in [-0.2, -0.15) is 11.8 Å². The number of methoxy groups -OCH3 is 1. The van der Waals surface area contributed by atoms with E-state index >= 15 is 0 Å². The van der Waals surface area contributed by atoms with Gasteiger partial charge in [-0.15, -0.1) is 0 Å². The van der Waals surface area contributed by atoms with E-state index in [-0.39, 0.29) is 24.0 Å². The van der Waals surface area contributed by atoms with E-state index < -0.39 is 0 Å². The summed E-state index contributed by atoms with van der Waals surface area (Å²) in [7, 11) is 1.34. The second-order valence-corrected chi connectivity index (χ2v) is 3.89. The molecule has 1 saturated heterocycles. The molecular formula is C8H12O4S. The van der Waals surface area contributed by atoms with Crippen molar-refractivity contribution < 1.29 is 19.1 Å². The molecule has 0 unspecified atom stereocenters. The van der Waals surface area contributed by atoms with Crippen LogP contribution in [0.3, 0.4) is 0 Å².